The van der Waals surface area contributed by atoms with E-state index in [4.69, 9.17) is 11.6 Å². The fourth-order valence-electron chi connectivity index (χ4n) is 4.65. The smallest absolute Gasteiger partial charge is 0.340 e. The summed E-state index contributed by atoms with van der Waals surface area (Å²) in [6.07, 6.45) is 2.97. The molecule has 0 radical (unpaired) electrons. The number of halogens is 1. The molecule has 2 aromatic rings. The average Bonchev–Trinajstić information content (AvgIpc) is 2.73. The van der Waals surface area contributed by atoms with Gasteiger partial charge in [0.2, 0.25) is 10.0 Å². The van der Waals surface area contributed by atoms with Crippen LogP contribution in [0.4, 0.5) is 4.79 Å². The van der Waals surface area contributed by atoms with Crippen LogP contribution < -0.4 is 5.32 Å². The first-order chi connectivity index (χ1) is 15.1. The van der Waals surface area contributed by atoms with Crippen molar-refractivity contribution in [2.24, 2.45) is 0 Å². The van der Waals surface area contributed by atoms with Gasteiger partial charge in [-0.15, -0.1) is 0 Å². The predicted molar refractivity (Wildman–Crippen MR) is 122 cm³/mol. The first-order valence-electron chi connectivity index (χ1n) is 10.5. The minimum atomic E-state index is -4.16. The number of piperidine rings is 2. The molecule has 2 atom stereocenters. The Labute approximate surface area is 193 Å². The first kappa shape index (κ1) is 23.2. The second-order valence-electron chi connectivity index (χ2n) is 8.44. The van der Waals surface area contributed by atoms with Gasteiger partial charge in [-0.3, -0.25) is 4.79 Å². The number of sulfone groups is 1. The van der Waals surface area contributed by atoms with Gasteiger partial charge in [0.05, 0.1) is 9.79 Å². The van der Waals surface area contributed by atoms with Crippen molar-refractivity contribution < 1.29 is 21.6 Å². The quantitative estimate of drug-likeness (QED) is 0.691. The fraction of sp³-hybridized carbons (Fsp3) is 0.409. The van der Waals surface area contributed by atoms with E-state index in [0.717, 1.165) is 12.0 Å². The molecule has 0 aromatic heterocycles. The summed E-state index contributed by atoms with van der Waals surface area (Å²) in [5.74, 6) is 0. The van der Waals surface area contributed by atoms with Crippen LogP contribution in [0.25, 0.3) is 0 Å². The summed E-state index contributed by atoms with van der Waals surface area (Å²) in [6.45, 7) is 1.83. The Hall–Kier alpha value is -1.94. The minimum absolute atomic E-state index is 0.0523. The zero-order chi connectivity index (χ0) is 23.1. The van der Waals surface area contributed by atoms with Crippen molar-refractivity contribution in [2.75, 3.05) is 0 Å². The van der Waals surface area contributed by atoms with Gasteiger partial charge in [-0.1, -0.05) is 35.7 Å². The molecule has 0 aliphatic carbocycles. The summed E-state index contributed by atoms with van der Waals surface area (Å²) < 4.78 is 53.5. The first-order valence-corrected chi connectivity index (χ1v) is 13.8. The van der Waals surface area contributed by atoms with Crippen molar-refractivity contribution in [3.8, 4) is 0 Å². The Kier molecular flexibility index (Phi) is 6.37. The molecule has 2 aliphatic heterocycles. The van der Waals surface area contributed by atoms with Gasteiger partial charge in [-0.2, -0.15) is 4.31 Å². The van der Waals surface area contributed by atoms with Crippen LogP contribution >= 0.6 is 11.6 Å². The van der Waals surface area contributed by atoms with Crippen molar-refractivity contribution in [1.29, 1.82) is 0 Å². The second-order valence-corrected chi connectivity index (χ2v) is 12.6. The maximum Gasteiger partial charge on any atom is 0.341 e. The monoisotopic (exact) mass is 496 g/mol. The third-order valence-corrected chi connectivity index (χ3v) is 9.96. The largest absolute Gasteiger partial charge is 0.341 e. The standard InChI is InChI=1S/C22H25ClN2O5S2/c1-15-5-9-20(10-6-15)31(27,28)22(26)24-17-13-18-3-2-4-19(14-17)25(18)32(29,30)21-11-7-16(23)8-12-21/h5-12,17-19H,2-4,13-14H2,1H3,(H,24,26). The summed E-state index contributed by atoms with van der Waals surface area (Å²) in [6, 6.07) is 11.2. The molecule has 2 aliphatic rings. The molecule has 2 saturated heterocycles. The molecule has 2 fully saturated rings. The molecule has 1 N–H and O–H groups in total. The van der Waals surface area contributed by atoms with E-state index in [0.29, 0.717) is 30.7 Å². The highest BCUT2D eigenvalue weighted by molar-refractivity contribution is 8.06. The van der Waals surface area contributed by atoms with E-state index >= 15 is 0 Å². The van der Waals surface area contributed by atoms with E-state index in [1.807, 2.05) is 6.92 Å². The lowest BCUT2D eigenvalue weighted by atomic mass is 9.84. The molecule has 2 heterocycles. The van der Waals surface area contributed by atoms with Gasteiger partial charge in [0.15, 0.2) is 0 Å². The van der Waals surface area contributed by atoms with Gasteiger partial charge in [-0.25, -0.2) is 16.8 Å². The molecule has 0 saturated carbocycles. The van der Waals surface area contributed by atoms with Crippen LogP contribution in [-0.4, -0.2) is 44.5 Å². The highest BCUT2D eigenvalue weighted by Gasteiger charge is 2.45. The zero-order valence-corrected chi connectivity index (χ0v) is 20.0. The number of hydrogen-bond donors (Lipinski definition) is 1. The van der Waals surface area contributed by atoms with Crippen LogP contribution in [0.2, 0.25) is 5.02 Å². The van der Waals surface area contributed by atoms with Gasteiger partial charge in [0, 0.05) is 23.1 Å². The molecule has 172 valence electrons. The van der Waals surface area contributed by atoms with E-state index in [-0.39, 0.29) is 21.9 Å². The van der Waals surface area contributed by atoms with E-state index in [1.165, 1.54) is 24.3 Å². The summed E-state index contributed by atoms with van der Waals surface area (Å²) in [5.41, 5.74) is 0.895. The average molecular weight is 497 g/mol. The molecular formula is C22H25ClN2O5S2. The van der Waals surface area contributed by atoms with Gasteiger partial charge in [0.1, 0.15) is 0 Å². The van der Waals surface area contributed by atoms with Crippen LogP contribution in [0, 0.1) is 6.92 Å². The Morgan fingerprint density at radius 3 is 2.00 bits per heavy atom. The topological polar surface area (TPSA) is 101 Å². The van der Waals surface area contributed by atoms with E-state index in [9.17, 15) is 21.6 Å². The van der Waals surface area contributed by atoms with E-state index < -0.39 is 31.1 Å². The maximum atomic E-state index is 13.3. The Morgan fingerprint density at radius 2 is 1.44 bits per heavy atom. The minimum Gasteiger partial charge on any atom is -0.340 e. The van der Waals surface area contributed by atoms with Gasteiger partial charge >= 0.3 is 5.24 Å². The van der Waals surface area contributed by atoms with E-state index in [2.05, 4.69) is 5.32 Å². The molecule has 2 unspecified atom stereocenters. The van der Waals surface area contributed by atoms with Gasteiger partial charge in [0.25, 0.3) is 9.84 Å². The van der Waals surface area contributed by atoms with Crippen LogP contribution in [0.1, 0.15) is 37.7 Å². The molecule has 2 aromatic carbocycles. The number of amides is 1. The summed E-state index contributed by atoms with van der Waals surface area (Å²) in [4.78, 5) is 12.8. The van der Waals surface area contributed by atoms with Gasteiger partial charge < -0.3 is 5.32 Å². The molecule has 7 nitrogen and oxygen atoms in total. The third-order valence-electron chi connectivity index (χ3n) is 6.19. The van der Waals surface area contributed by atoms with Crippen molar-refractivity contribution in [3.05, 3.63) is 59.1 Å². The Morgan fingerprint density at radius 1 is 0.906 bits per heavy atom. The Bertz CT molecular complexity index is 1200. The lowest BCUT2D eigenvalue weighted by Gasteiger charge is -2.47. The number of carbonyl (C=O) groups is 1. The SMILES string of the molecule is Cc1ccc(S(=O)(=O)C(=O)NC2CC3CCCC(C2)N3S(=O)(=O)c2ccc(Cl)cc2)cc1. The number of hydrogen-bond acceptors (Lipinski definition) is 5. The van der Waals surface area contributed by atoms with Crippen molar-refractivity contribution in [1.82, 2.24) is 9.62 Å². The predicted octanol–water partition coefficient (Wildman–Crippen LogP) is 3.91. The fourth-order valence-corrected chi connectivity index (χ4v) is 7.69. The maximum absolute atomic E-state index is 13.3. The highest BCUT2D eigenvalue weighted by Crippen LogP contribution is 2.38. The second kappa shape index (κ2) is 8.78. The normalized spacial score (nSPS) is 24.1. The number of fused-ring (bicyclic) bond motifs is 2. The summed E-state index contributed by atoms with van der Waals surface area (Å²) in [7, 11) is -7.88. The number of rotatable bonds is 4. The molecular weight excluding hydrogens is 472 g/mol. The molecule has 0 spiro atoms. The lowest BCUT2D eigenvalue weighted by Crippen LogP contribution is -2.58. The van der Waals surface area contributed by atoms with Crippen LogP contribution in [0.15, 0.2) is 58.3 Å². The molecule has 32 heavy (non-hydrogen) atoms. The van der Waals surface area contributed by atoms with Crippen molar-refractivity contribution >= 4 is 36.7 Å². The van der Waals surface area contributed by atoms with Crippen molar-refractivity contribution in [3.63, 3.8) is 0 Å². The number of nitrogens with one attached hydrogen (secondary N) is 1. The lowest BCUT2D eigenvalue weighted by molar-refractivity contribution is 0.103. The molecule has 4 rings (SSSR count). The molecule has 2 bridgehead atoms. The van der Waals surface area contributed by atoms with E-state index in [1.54, 1.807) is 28.6 Å². The number of aryl methyl sites for hydroxylation is 1. The number of carbonyl (C=O) groups excluding carboxylic acids is 1. The zero-order valence-electron chi connectivity index (χ0n) is 17.6. The van der Waals surface area contributed by atoms with Crippen LogP contribution in [0.3, 0.4) is 0 Å². The summed E-state index contributed by atoms with van der Waals surface area (Å²) >= 11 is 5.90. The van der Waals surface area contributed by atoms with Crippen molar-refractivity contribution in [2.45, 2.75) is 66.9 Å². The highest BCUT2D eigenvalue weighted by atomic mass is 35.5. The molecule has 1 amide bonds. The summed E-state index contributed by atoms with van der Waals surface area (Å²) in [5, 5.41) is 2.07. The Balaban J connectivity index is 1.51. The van der Waals surface area contributed by atoms with Crippen LogP contribution in [-0.2, 0) is 19.9 Å². The third kappa shape index (κ3) is 4.44. The van der Waals surface area contributed by atoms with Crippen LogP contribution in [0.5, 0.6) is 0 Å². The molecule has 10 heteroatoms. The number of nitrogens with zero attached hydrogens (tertiary/aromatic N) is 1. The number of sulfonamides is 1. The van der Waals surface area contributed by atoms with Gasteiger partial charge in [-0.05, 0) is 69.0 Å². The number of benzene rings is 2.